The third-order valence-electron chi connectivity index (χ3n) is 4.96. The summed E-state index contributed by atoms with van der Waals surface area (Å²) in [4.78, 5) is 2.36. The number of hydrogen-bond donors (Lipinski definition) is 1. The zero-order valence-electron chi connectivity index (χ0n) is 13.8. The molecule has 2 heterocycles. The monoisotopic (exact) mass is 304 g/mol. The second-order valence-corrected chi connectivity index (χ2v) is 6.56. The van der Waals surface area contributed by atoms with Gasteiger partial charge >= 0.3 is 0 Å². The molecule has 0 aromatic heterocycles. The average molecular weight is 304 g/mol. The van der Waals surface area contributed by atoms with Gasteiger partial charge in [0.05, 0.1) is 7.11 Å². The van der Waals surface area contributed by atoms with Crippen LogP contribution in [-0.4, -0.2) is 51.3 Å². The maximum Gasteiger partial charge on any atom is 0.161 e. The minimum absolute atomic E-state index is 0.315. The first-order chi connectivity index (χ1) is 10.8. The predicted molar refractivity (Wildman–Crippen MR) is 89.0 cm³/mol. The van der Waals surface area contributed by atoms with Crippen LogP contribution in [0.4, 0.5) is 0 Å². The summed E-state index contributed by atoms with van der Waals surface area (Å²) >= 11 is 0. The summed E-state index contributed by atoms with van der Waals surface area (Å²) in [7, 11) is 3.91. The fourth-order valence-corrected chi connectivity index (χ4v) is 3.47. The molecule has 0 spiro atoms. The third-order valence-corrected chi connectivity index (χ3v) is 4.96. The molecule has 0 saturated carbocycles. The molecule has 3 rings (SSSR count). The van der Waals surface area contributed by atoms with Crippen molar-refractivity contribution < 1.29 is 9.47 Å². The van der Waals surface area contributed by atoms with Gasteiger partial charge < -0.3 is 19.7 Å². The van der Waals surface area contributed by atoms with Crippen molar-refractivity contribution in [2.45, 2.75) is 37.7 Å². The van der Waals surface area contributed by atoms with Crippen molar-refractivity contribution in [3.05, 3.63) is 23.8 Å². The fourth-order valence-electron chi connectivity index (χ4n) is 3.47. The van der Waals surface area contributed by atoms with E-state index in [1.54, 1.807) is 7.11 Å². The number of likely N-dealkylation sites (tertiary alicyclic amines) is 1. The van der Waals surface area contributed by atoms with Gasteiger partial charge in [-0.25, -0.2) is 0 Å². The van der Waals surface area contributed by atoms with Crippen molar-refractivity contribution in [3.63, 3.8) is 0 Å². The zero-order chi connectivity index (χ0) is 15.4. The normalized spacial score (nSPS) is 21.7. The summed E-state index contributed by atoms with van der Waals surface area (Å²) in [6.07, 6.45) is 4.91. The number of ether oxygens (including phenoxy) is 2. The molecule has 2 aliphatic heterocycles. The summed E-state index contributed by atoms with van der Waals surface area (Å²) in [6, 6.07) is 6.51. The largest absolute Gasteiger partial charge is 0.493 e. The maximum absolute atomic E-state index is 6.20. The van der Waals surface area contributed by atoms with Crippen molar-refractivity contribution in [3.8, 4) is 11.5 Å². The van der Waals surface area contributed by atoms with Gasteiger partial charge in [0.25, 0.3) is 0 Å². The molecule has 22 heavy (non-hydrogen) atoms. The summed E-state index contributed by atoms with van der Waals surface area (Å²) in [5, 5.41) is 3.42. The van der Waals surface area contributed by atoms with Gasteiger partial charge in [0.2, 0.25) is 0 Å². The maximum atomic E-state index is 6.20. The SMILES string of the molecule is COc1cc(C2CCNCC2)ccc1OC1CCN(C)CC1. The Hall–Kier alpha value is -1.26. The van der Waals surface area contributed by atoms with E-state index in [1.807, 2.05) is 0 Å². The lowest BCUT2D eigenvalue weighted by Crippen LogP contribution is -2.35. The molecular formula is C18H28N2O2. The predicted octanol–water partition coefficient (Wildman–Crippen LogP) is 2.64. The first-order valence-electron chi connectivity index (χ1n) is 8.50. The molecule has 4 heteroatoms. The second-order valence-electron chi connectivity index (χ2n) is 6.56. The van der Waals surface area contributed by atoms with Gasteiger partial charge in [-0.1, -0.05) is 6.07 Å². The van der Waals surface area contributed by atoms with Gasteiger partial charge in [-0.05, 0) is 69.4 Å². The Morgan fingerprint density at radius 2 is 1.77 bits per heavy atom. The average Bonchev–Trinajstić information content (AvgIpc) is 2.58. The van der Waals surface area contributed by atoms with E-state index < -0.39 is 0 Å². The van der Waals surface area contributed by atoms with Crippen molar-refractivity contribution in [2.75, 3.05) is 40.3 Å². The molecule has 0 bridgehead atoms. The molecule has 4 nitrogen and oxygen atoms in total. The highest BCUT2D eigenvalue weighted by atomic mass is 16.5. The number of hydrogen-bond acceptors (Lipinski definition) is 4. The molecule has 0 aliphatic carbocycles. The van der Waals surface area contributed by atoms with Crippen molar-refractivity contribution in [2.24, 2.45) is 0 Å². The van der Waals surface area contributed by atoms with Gasteiger partial charge in [0.15, 0.2) is 11.5 Å². The van der Waals surface area contributed by atoms with E-state index in [-0.39, 0.29) is 0 Å². The Bertz CT molecular complexity index is 478. The van der Waals surface area contributed by atoms with Crippen LogP contribution in [0.3, 0.4) is 0 Å². The number of methoxy groups -OCH3 is 1. The van der Waals surface area contributed by atoms with E-state index in [9.17, 15) is 0 Å². The van der Waals surface area contributed by atoms with E-state index in [1.165, 1.54) is 18.4 Å². The lowest BCUT2D eigenvalue weighted by molar-refractivity contribution is 0.111. The van der Waals surface area contributed by atoms with Gasteiger partial charge in [-0.15, -0.1) is 0 Å². The van der Waals surface area contributed by atoms with Crippen LogP contribution in [0.1, 0.15) is 37.2 Å². The molecule has 0 radical (unpaired) electrons. The smallest absolute Gasteiger partial charge is 0.161 e. The molecule has 0 atom stereocenters. The summed E-state index contributed by atoms with van der Waals surface area (Å²) in [5.41, 5.74) is 1.38. The van der Waals surface area contributed by atoms with Crippen LogP contribution in [-0.2, 0) is 0 Å². The minimum Gasteiger partial charge on any atom is -0.493 e. The van der Waals surface area contributed by atoms with Crippen LogP contribution in [0.25, 0.3) is 0 Å². The third kappa shape index (κ3) is 3.73. The van der Waals surface area contributed by atoms with Gasteiger partial charge in [0, 0.05) is 13.1 Å². The molecule has 0 amide bonds. The Morgan fingerprint density at radius 1 is 1.05 bits per heavy atom. The number of piperidine rings is 2. The van der Waals surface area contributed by atoms with Crippen LogP contribution in [0.15, 0.2) is 18.2 Å². The molecule has 1 aromatic carbocycles. The number of nitrogens with one attached hydrogen (secondary N) is 1. The van der Waals surface area contributed by atoms with Crippen LogP contribution in [0.5, 0.6) is 11.5 Å². The van der Waals surface area contributed by atoms with Crippen molar-refractivity contribution >= 4 is 0 Å². The molecular weight excluding hydrogens is 276 g/mol. The van der Waals surface area contributed by atoms with E-state index in [0.717, 1.165) is 50.5 Å². The molecule has 2 aliphatic rings. The van der Waals surface area contributed by atoms with E-state index in [4.69, 9.17) is 9.47 Å². The Labute approximate surface area is 133 Å². The topological polar surface area (TPSA) is 33.7 Å². The standard InChI is InChI=1S/C18H28N2O2/c1-20-11-7-16(8-12-20)22-17-4-3-15(13-18(17)21-2)14-5-9-19-10-6-14/h3-4,13-14,16,19H,5-12H2,1-2H3. The Morgan fingerprint density at radius 3 is 2.45 bits per heavy atom. The highest BCUT2D eigenvalue weighted by Crippen LogP contribution is 2.35. The van der Waals surface area contributed by atoms with Crippen LogP contribution < -0.4 is 14.8 Å². The number of rotatable bonds is 4. The van der Waals surface area contributed by atoms with Crippen LogP contribution in [0.2, 0.25) is 0 Å². The molecule has 122 valence electrons. The van der Waals surface area contributed by atoms with Gasteiger partial charge in [-0.3, -0.25) is 0 Å². The van der Waals surface area contributed by atoms with Crippen molar-refractivity contribution in [1.82, 2.24) is 10.2 Å². The number of benzene rings is 1. The molecule has 2 saturated heterocycles. The Kier molecular flexibility index (Phi) is 5.21. The molecule has 0 unspecified atom stereocenters. The molecule has 1 aromatic rings. The molecule has 2 fully saturated rings. The summed E-state index contributed by atoms with van der Waals surface area (Å²) in [6.45, 7) is 4.45. The van der Waals surface area contributed by atoms with Crippen molar-refractivity contribution in [1.29, 1.82) is 0 Å². The highest BCUT2D eigenvalue weighted by Gasteiger charge is 2.21. The molecule has 1 N–H and O–H groups in total. The van der Waals surface area contributed by atoms with Gasteiger partial charge in [-0.2, -0.15) is 0 Å². The first kappa shape index (κ1) is 15.6. The van der Waals surface area contributed by atoms with Crippen LogP contribution in [0, 0.1) is 0 Å². The van der Waals surface area contributed by atoms with E-state index in [0.29, 0.717) is 12.0 Å². The summed E-state index contributed by atoms with van der Waals surface area (Å²) < 4.78 is 11.8. The van der Waals surface area contributed by atoms with Crippen LogP contribution >= 0.6 is 0 Å². The highest BCUT2D eigenvalue weighted by molar-refractivity contribution is 5.44. The lowest BCUT2D eigenvalue weighted by Gasteiger charge is -2.30. The minimum atomic E-state index is 0.315. The second kappa shape index (κ2) is 7.34. The first-order valence-corrected chi connectivity index (χ1v) is 8.50. The van der Waals surface area contributed by atoms with E-state index in [2.05, 4.69) is 35.5 Å². The number of nitrogens with zero attached hydrogens (tertiary/aromatic N) is 1. The fraction of sp³-hybridized carbons (Fsp3) is 0.667. The summed E-state index contributed by atoms with van der Waals surface area (Å²) in [5.74, 6) is 2.43. The lowest BCUT2D eigenvalue weighted by atomic mass is 9.90. The quantitative estimate of drug-likeness (QED) is 0.927. The van der Waals surface area contributed by atoms with E-state index >= 15 is 0 Å². The van der Waals surface area contributed by atoms with Gasteiger partial charge in [0.1, 0.15) is 6.10 Å². The zero-order valence-corrected chi connectivity index (χ0v) is 13.8. The Balaban J connectivity index is 1.68.